The van der Waals surface area contributed by atoms with Gasteiger partial charge in [0.2, 0.25) is 0 Å². The van der Waals surface area contributed by atoms with Gasteiger partial charge in [0, 0.05) is 11.1 Å². The molecule has 0 spiro atoms. The molecule has 0 saturated heterocycles. The molecule has 0 radical (unpaired) electrons. The van der Waals surface area contributed by atoms with E-state index in [0.717, 1.165) is 12.1 Å². The highest BCUT2D eigenvalue weighted by Gasteiger charge is 2.11. The number of carbonyl (C=O) groups excluding carboxylic acids is 1. The van der Waals surface area contributed by atoms with Crippen LogP contribution in [0.4, 0.5) is 10.1 Å². The summed E-state index contributed by atoms with van der Waals surface area (Å²) >= 11 is 11.4. The molecule has 0 aliphatic carbocycles. The van der Waals surface area contributed by atoms with E-state index in [1.807, 2.05) is 0 Å². The molecule has 0 bridgehead atoms. The molecule has 0 aliphatic heterocycles. The number of aromatic hydroxyl groups is 1. The summed E-state index contributed by atoms with van der Waals surface area (Å²) in [6.07, 6.45) is 0. The zero-order chi connectivity index (χ0) is 15.4. The highest BCUT2D eigenvalue weighted by molar-refractivity contribution is 6.32. The quantitative estimate of drug-likeness (QED) is 0.837. The predicted molar refractivity (Wildman–Crippen MR) is 78.7 cm³/mol. The number of rotatable bonds is 4. The molecular weight excluding hydrogens is 320 g/mol. The average Bonchev–Trinajstić information content (AvgIpc) is 2.44. The summed E-state index contributed by atoms with van der Waals surface area (Å²) in [4.78, 5) is 11.7. The first-order chi connectivity index (χ1) is 9.95. The zero-order valence-corrected chi connectivity index (χ0v) is 12.1. The Morgan fingerprint density at radius 2 is 1.90 bits per heavy atom. The molecule has 0 aromatic heterocycles. The summed E-state index contributed by atoms with van der Waals surface area (Å²) < 4.78 is 18.7. The van der Waals surface area contributed by atoms with Crippen LogP contribution in [0.25, 0.3) is 0 Å². The van der Waals surface area contributed by atoms with E-state index in [1.54, 1.807) is 24.3 Å². The number of hydrogen-bond donors (Lipinski definition) is 2. The Morgan fingerprint density at radius 3 is 2.57 bits per heavy atom. The van der Waals surface area contributed by atoms with Crippen LogP contribution in [0.1, 0.15) is 0 Å². The lowest BCUT2D eigenvalue weighted by molar-refractivity contribution is -0.118. The average molecular weight is 330 g/mol. The number of carbonyl (C=O) groups is 1. The van der Waals surface area contributed by atoms with E-state index >= 15 is 0 Å². The van der Waals surface area contributed by atoms with Crippen molar-refractivity contribution in [1.82, 2.24) is 0 Å². The number of amides is 1. The van der Waals surface area contributed by atoms with Crippen molar-refractivity contribution in [3.8, 4) is 11.5 Å². The molecule has 0 atom stereocenters. The molecule has 2 rings (SSSR count). The van der Waals surface area contributed by atoms with E-state index in [9.17, 15) is 14.3 Å². The standard InChI is InChI=1S/C14H10Cl2FNO3/c15-8-1-3-9(4-2-8)21-7-14(20)18-12-5-10(16)13(19)6-11(12)17/h1-6,19H,7H2,(H,18,20). The SMILES string of the molecule is O=C(COc1ccc(Cl)cc1)Nc1cc(Cl)c(O)cc1F. The van der Waals surface area contributed by atoms with Gasteiger partial charge in [-0.15, -0.1) is 0 Å². The maximum atomic E-state index is 13.5. The first-order valence-electron chi connectivity index (χ1n) is 5.82. The lowest BCUT2D eigenvalue weighted by Crippen LogP contribution is -2.20. The lowest BCUT2D eigenvalue weighted by Gasteiger charge is -2.09. The smallest absolute Gasteiger partial charge is 0.262 e. The molecule has 0 aliphatic rings. The fraction of sp³-hybridized carbons (Fsp3) is 0.0714. The first kappa shape index (κ1) is 15.4. The summed E-state index contributed by atoms with van der Waals surface area (Å²) in [7, 11) is 0. The predicted octanol–water partition coefficient (Wildman–Crippen LogP) is 3.86. The van der Waals surface area contributed by atoms with Gasteiger partial charge in [0.05, 0.1) is 10.7 Å². The number of benzene rings is 2. The second kappa shape index (κ2) is 6.65. The lowest BCUT2D eigenvalue weighted by atomic mass is 10.3. The molecule has 2 aromatic carbocycles. The van der Waals surface area contributed by atoms with E-state index in [-0.39, 0.29) is 17.3 Å². The molecule has 21 heavy (non-hydrogen) atoms. The van der Waals surface area contributed by atoms with E-state index in [2.05, 4.69) is 5.32 Å². The van der Waals surface area contributed by atoms with E-state index in [0.29, 0.717) is 10.8 Å². The number of hydrogen-bond acceptors (Lipinski definition) is 3. The van der Waals surface area contributed by atoms with Crippen LogP contribution in [0.5, 0.6) is 11.5 Å². The van der Waals surface area contributed by atoms with Gasteiger partial charge in [-0.2, -0.15) is 0 Å². The van der Waals surface area contributed by atoms with Gasteiger partial charge in [-0.3, -0.25) is 4.79 Å². The molecule has 2 N–H and O–H groups in total. The van der Waals surface area contributed by atoms with Crippen LogP contribution in [0.15, 0.2) is 36.4 Å². The van der Waals surface area contributed by atoms with Gasteiger partial charge >= 0.3 is 0 Å². The molecule has 0 fully saturated rings. The summed E-state index contributed by atoms with van der Waals surface area (Å²) in [6, 6.07) is 8.38. The van der Waals surface area contributed by atoms with Crippen LogP contribution in [0.2, 0.25) is 10.0 Å². The number of anilines is 1. The highest BCUT2D eigenvalue weighted by atomic mass is 35.5. The molecule has 2 aromatic rings. The van der Waals surface area contributed by atoms with Gasteiger partial charge in [0.1, 0.15) is 17.3 Å². The van der Waals surface area contributed by atoms with Crippen molar-refractivity contribution in [3.63, 3.8) is 0 Å². The number of phenolic OH excluding ortho intramolecular Hbond substituents is 1. The normalized spacial score (nSPS) is 10.2. The molecule has 1 amide bonds. The third-order valence-electron chi connectivity index (χ3n) is 2.49. The Bertz CT molecular complexity index is 662. The van der Waals surface area contributed by atoms with Crippen molar-refractivity contribution in [1.29, 1.82) is 0 Å². The first-order valence-corrected chi connectivity index (χ1v) is 6.57. The Kier molecular flexibility index (Phi) is 4.88. The minimum absolute atomic E-state index is 0.0645. The molecule has 0 saturated carbocycles. The minimum Gasteiger partial charge on any atom is -0.506 e. The molecule has 7 heteroatoms. The maximum absolute atomic E-state index is 13.5. The summed E-state index contributed by atoms with van der Waals surface area (Å²) in [5.74, 6) is -1.30. The molecule has 110 valence electrons. The van der Waals surface area contributed by atoms with Gasteiger partial charge in [-0.25, -0.2) is 4.39 Å². The number of nitrogens with one attached hydrogen (secondary N) is 1. The number of halogens is 3. The van der Waals surface area contributed by atoms with Gasteiger partial charge < -0.3 is 15.2 Å². The fourth-order valence-electron chi connectivity index (χ4n) is 1.50. The van der Waals surface area contributed by atoms with Crippen molar-refractivity contribution in [2.24, 2.45) is 0 Å². The van der Waals surface area contributed by atoms with Crippen LogP contribution in [0.3, 0.4) is 0 Å². The molecule has 4 nitrogen and oxygen atoms in total. The Balaban J connectivity index is 1.96. The van der Waals surface area contributed by atoms with Gasteiger partial charge in [-0.05, 0) is 30.3 Å². The summed E-state index contributed by atoms with van der Waals surface area (Å²) in [6.45, 7) is -0.306. The van der Waals surface area contributed by atoms with Gasteiger partial charge in [0.15, 0.2) is 6.61 Å². The van der Waals surface area contributed by atoms with Gasteiger partial charge in [0.25, 0.3) is 5.91 Å². The highest BCUT2D eigenvalue weighted by Crippen LogP contribution is 2.29. The van der Waals surface area contributed by atoms with Crippen molar-refractivity contribution in [3.05, 3.63) is 52.3 Å². The largest absolute Gasteiger partial charge is 0.506 e. The van der Waals surface area contributed by atoms with E-state index < -0.39 is 17.5 Å². The van der Waals surface area contributed by atoms with Crippen LogP contribution in [-0.4, -0.2) is 17.6 Å². The Morgan fingerprint density at radius 1 is 1.24 bits per heavy atom. The van der Waals surface area contributed by atoms with Crippen molar-refractivity contribution >= 4 is 34.8 Å². The van der Waals surface area contributed by atoms with Crippen molar-refractivity contribution in [2.45, 2.75) is 0 Å². The van der Waals surface area contributed by atoms with Crippen LogP contribution < -0.4 is 10.1 Å². The summed E-state index contributed by atoms with van der Waals surface area (Å²) in [5, 5.41) is 12.0. The van der Waals surface area contributed by atoms with Crippen molar-refractivity contribution < 1.29 is 19.0 Å². The monoisotopic (exact) mass is 329 g/mol. The number of ether oxygens (including phenoxy) is 1. The topological polar surface area (TPSA) is 58.6 Å². The van der Waals surface area contributed by atoms with Crippen LogP contribution in [0, 0.1) is 5.82 Å². The van der Waals surface area contributed by atoms with E-state index in [1.165, 1.54) is 0 Å². The third-order valence-corrected chi connectivity index (χ3v) is 3.05. The van der Waals surface area contributed by atoms with E-state index in [4.69, 9.17) is 27.9 Å². The van der Waals surface area contributed by atoms with Crippen LogP contribution >= 0.6 is 23.2 Å². The fourth-order valence-corrected chi connectivity index (χ4v) is 1.79. The Labute approximate surface area is 130 Å². The van der Waals surface area contributed by atoms with Gasteiger partial charge in [-0.1, -0.05) is 23.2 Å². The summed E-state index contributed by atoms with van der Waals surface area (Å²) in [5.41, 5.74) is -0.137. The van der Waals surface area contributed by atoms with Crippen LogP contribution in [-0.2, 0) is 4.79 Å². The second-order valence-electron chi connectivity index (χ2n) is 4.07. The number of phenols is 1. The third kappa shape index (κ3) is 4.24. The second-order valence-corrected chi connectivity index (χ2v) is 4.92. The zero-order valence-electron chi connectivity index (χ0n) is 10.6. The molecule has 0 unspecified atom stereocenters. The minimum atomic E-state index is -0.795. The maximum Gasteiger partial charge on any atom is 0.262 e. The molecule has 0 heterocycles. The van der Waals surface area contributed by atoms with Crippen molar-refractivity contribution in [2.75, 3.05) is 11.9 Å². The Hall–Kier alpha value is -1.98. The molecular formula is C14H10Cl2FNO3.